The number of nitrogens with two attached hydrogens (primary N) is 2. The summed E-state index contributed by atoms with van der Waals surface area (Å²) < 4.78 is 0. The van der Waals surface area contributed by atoms with E-state index in [0.29, 0.717) is 19.3 Å². The van der Waals surface area contributed by atoms with Crippen LogP contribution in [0.4, 0.5) is 0 Å². The van der Waals surface area contributed by atoms with Crippen LogP contribution >= 0.6 is 0 Å². The molecule has 0 radical (unpaired) electrons. The second-order valence-corrected chi connectivity index (χ2v) is 3.29. The maximum absolute atomic E-state index is 10.1. The molecule has 0 aromatic carbocycles. The second kappa shape index (κ2) is 11.3. The second-order valence-electron chi connectivity index (χ2n) is 3.29. The third-order valence-electron chi connectivity index (χ3n) is 1.75. The summed E-state index contributed by atoms with van der Waals surface area (Å²) in [5, 5.41) is 32.5. The fraction of sp³-hybridized carbons (Fsp3) is 0.778. The van der Waals surface area contributed by atoms with Crippen LogP contribution < -0.4 is 11.5 Å². The predicted molar refractivity (Wildman–Crippen MR) is 59.2 cm³/mol. The number of aliphatic carboxylic acids is 2. The van der Waals surface area contributed by atoms with Gasteiger partial charge in [0.1, 0.15) is 12.1 Å². The molecule has 8 nitrogen and oxygen atoms in total. The molecule has 0 spiro atoms. The molecule has 102 valence electrons. The molecule has 0 fully saturated rings. The zero-order valence-corrected chi connectivity index (χ0v) is 9.45. The van der Waals surface area contributed by atoms with Gasteiger partial charge in [0.2, 0.25) is 0 Å². The summed E-state index contributed by atoms with van der Waals surface area (Å²) in [6, 6.07) is -1.90. The molecule has 0 saturated carbocycles. The molecule has 17 heavy (non-hydrogen) atoms. The van der Waals surface area contributed by atoms with Crippen molar-refractivity contribution in [3.63, 3.8) is 0 Å². The molecular weight excluding hydrogens is 232 g/mol. The number of unbranched alkanes of at least 4 members (excludes halogenated alkanes) is 1. The smallest absolute Gasteiger partial charge is 0.322 e. The Labute approximate surface area is 98.8 Å². The summed E-state index contributed by atoms with van der Waals surface area (Å²) in [6.07, 6.45) is 1.74. The molecule has 0 aromatic heterocycles. The Bertz CT molecular complexity index is 224. The van der Waals surface area contributed by atoms with Gasteiger partial charge in [0.05, 0.1) is 6.61 Å². The average Bonchev–Trinajstić information content (AvgIpc) is 2.28. The molecule has 0 aliphatic heterocycles. The summed E-state index contributed by atoms with van der Waals surface area (Å²) in [4.78, 5) is 19.8. The Morgan fingerprint density at radius 3 is 1.65 bits per heavy atom. The fourth-order valence-corrected chi connectivity index (χ4v) is 0.678. The van der Waals surface area contributed by atoms with Gasteiger partial charge in [0.25, 0.3) is 0 Å². The van der Waals surface area contributed by atoms with Gasteiger partial charge in [-0.3, -0.25) is 9.59 Å². The van der Waals surface area contributed by atoms with Crippen molar-refractivity contribution in [1.29, 1.82) is 0 Å². The number of hydrogen-bond acceptors (Lipinski definition) is 6. The Morgan fingerprint density at radius 1 is 0.941 bits per heavy atom. The van der Waals surface area contributed by atoms with E-state index in [1.165, 1.54) is 0 Å². The molecular formula is C9H20N2O6. The highest BCUT2D eigenvalue weighted by Gasteiger charge is 2.09. The third kappa shape index (κ3) is 12.7. The first-order valence-corrected chi connectivity index (χ1v) is 5.05. The van der Waals surface area contributed by atoms with Crippen molar-refractivity contribution in [3.05, 3.63) is 0 Å². The molecule has 0 unspecified atom stereocenters. The number of carboxylic acids is 2. The summed E-state index contributed by atoms with van der Waals surface area (Å²) in [5.41, 5.74) is 9.94. The minimum absolute atomic E-state index is 0.104. The number of carbonyl (C=O) groups is 2. The Hall–Kier alpha value is -1.22. The van der Waals surface area contributed by atoms with E-state index in [1.54, 1.807) is 0 Å². The van der Waals surface area contributed by atoms with Gasteiger partial charge in [-0.1, -0.05) is 0 Å². The summed E-state index contributed by atoms with van der Waals surface area (Å²) in [5.74, 6) is -2.15. The lowest BCUT2D eigenvalue weighted by Gasteiger charge is -2.03. The van der Waals surface area contributed by atoms with E-state index < -0.39 is 30.6 Å². The molecule has 0 aliphatic carbocycles. The van der Waals surface area contributed by atoms with Crippen LogP contribution in [-0.4, -0.2) is 57.7 Å². The molecule has 0 amide bonds. The zero-order chi connectivity index (χ0) is 13.8. The van der Waals surface area contributed by atoms with Crippen molar-refractivity contribution in [2.75, 3.05) is 13.2 Å². The Balaban J connectivity index is 0. The zero-order valence-electron chi connectivity index (χ0n) is 9.45. The Morgan fingerprint density at radius 2 is 1.41 bits per heavy atom. The number of carboxylic acid groups (broad SMARTS) is 2. The van der Waals surface area contributed by atoms with Crippen LogP contribution in [0.1, 0.15) is 19.3 Å². The van der Waals surface area contributed by atoms with Gasteiger partial charge in [-0.05, 0) is 19.3 Å². The minimum Gasteiger partial charge on any atom is -0.480 e. The van der Waals surface area contributed by atoms with Crippen molar-refractivity contribution in [3.8, 4) is 0 Å². The molecule has 8 heteroatoms. The average molecular weight is 252 g/mol. The van der Waals surface area contributed by atoms with Crippen LogP contribution in [0.5, 0.6) is 0 Å². The predicted octanol–water partition coefficient (Wildman–Crippen LogP) is -2.05. The van der Waals surface area contributed by atoms with E-state index >= 15 is 0 Å². The standard InChI is InChI=1S/C6H13NO3.C3H7NO3/c7-5(6(9)10)3-1-2-4-8;4-2(1-5)3(6)7/h5,8H,1-4,7H2,(H,9,10);2,5H,1,4H2,(H,6,7)/t5-;2-/m10/s1. The maximum Gasteiger partial charge on any atom is 0.322 e. The lowest BCUT2D eigenvalue weighted by molar-refractivity contribution is -0.140. The van der Waals surface area contributed by atoms with Crippen LogP contribution in [0.15, 0.2) is 0 Å². The highest BCUT2D eigenvalue weighted by atomic mass is 16.4. The Kier molecular flexibility index (Phi) is 12.0. The van der Waals surface area contributed by atoms with E-state index in [0.717, 1.165) is 0 Å². The van der Waals surface area contributed by atoms with E-state index in [-0.39, 0.29) is 6.61 Å². The monoisotopic (exact) mass is 252 g/mol. The molecule has 0 aromatic rings. The van der Waals surface area contributed by atoms with Crippen molar-refractivity contribution in [2.45, 2.75) is 31.3 Å². The van der Waals surface area contributed by atoms with Crippen LogP contribution in [0, 0.1) is 0 Å². The molecule has 8 N–H and O–H groups in total. The van der Waals surface area contributed by atoms with Crippen LogP contribution in [0.2, 0.25) is 0 Å². The number of aliphatic hydroxyl groups is 2. The van der Waals surface area contributed by atoms with E-state index in [2.05, 4.69) is 0 Å². The van der Waals surface area contributed by atoms with Gasteiger partial charge in [-0.25, -0.2) is 0 Å². The molecule has 0 saturated heterocycles. The fourth-order valence-electron chi connectivity index (χ4n) is 0.678. The van der Waals surface area contributed by atoms with Gasteiger partial charge < -0.3 is 31.9 Å². The van der Waals surface area contributed by atoms with Gasteiger partial charge in [-0.2, -0.15) is 0 Å². The molecule has 0 rings (SSSR count). The lowest BCUT2D eigenvalue weighted by Crippen LogP contribution is -2.33. The van der Waals surface area contributed by atoms with Gasteiger partial charge >= 0.3 is 11.9 Å². The number of aliphatic hydroxyl groups excluding tert-OH is 2. The SMILES string of the molecule is N[C@@H](CO)C(=O)O.N[C@H](CCCCO)C(=O)O. The molecule has 2 atom stereocenters. The van der Waals surface area contributed by atoms with Gasteiger partial charge in [0, 0.05) is 6.61 Å². The largest absolute Gasteiger partial charge is 0.480 e. The number of rotatable bonds is 7. The van der Waals surface area contributed by atoms with Crippen LogP contribution in [0.3, 0.4) is 0 Å². The molecule has 0 aliphatic rings. The van der Waals surface area contributed by atoms with Crippen LogP contribution in [-0.2, 0) is 9.59 Å². The summed E-state index contributed by atoms with van der Waals surface area (Å²) in [7, 11) is 0. The van der Waals surface area contributed by atoms with Gasteiger partial charge in [-0.15, -0.1) is 0 Å². The van der Waals surface area contributed by atoms with Gasteiger partial charge in [0.15, 0.2) is 0 Å². The first-order chi connectivity index (χ1) is 7.86. The summed E-state index contributed by atoms with van der Waals surface area (Å²) in [6.45, 7) is -0.401. The highest BCUT2D eigenvalue weighted by molar-refractivity contribution is 5.73. The maximum atomic E-state index is 10.1. The number of hydrogen-bond donors (Lipinski definition) is 6. The third-order valence-corrected chi connectivity index (χ3v) is 1.75. The van der Waals surface area contributed by atoms with Crippen molar-refractivity contribution in [1.82, 2.24) is 0 Å². The van der Waals surface area contributed by atoms with Crippen LogP contribution in [0.25, 0.3) is 0 Å². The first kappa shape index (κ1) is 18.2. The summed E-state index contributed by atoms with van der Waals surface area (Å²) >= 11 is 0. The van der Waals surface area contributed by atoms with E-state index in [9.17, 15) is 9.59 Å². The van der Waals surface area contributed by atoms with E-state index in [4.69, 9.17) is 31.9 Å². The lowest BCUT2D eigenvalue weighted by atomic mass is 10.1. The normalized spacial score (nSPS) is 13.2. The van der Waals surface area contributed by atoms with Crippen molar-refractivity contribution in [2.24, 2.45) is 11.5 Å². The topological polar surface area (TPSA) is 167 Å². The molecule has 0 heterocycles. The quantitative estimate of drug-likeness (QED) is 0.281. The van der Waals surface area contributed by atoms with Crippen molar-refractivity contribution < 1.29 is 30.0 Å². The molecule has 0 bridgehead atoms. The first-order valence-electron chi connectivity index (χ1n) is 5.05. The minimum atomic E-state index is -1.18. The highest BCUT2D eigenvalue weighted by Crippen LogP contribution is 1.97. The van der Waals surface area contributed by atoms with Crippen molar-refractivity contribution >= 4 is 11.9 Å². The van der Waals surface area contributed by atoms with E-state index in [1.807, 2.05) is 0 Å².